The Balaban J connectivity index is 1.41. The number of oxazole rings is 1. The first-order valence-electron chi connectivity index (χ1n) is 11.7. The summed E-state index contributed by atoms with van der Waals surface area (Å²) in [5.41, 5.74) is 5.21. The Labute approximate surface area is 204 Å². The Kier molecular flexibility index (Phi) is 7.09. The molecule has 1 saturated carbocycles. The van der Waals surface area contributed by atoms with E-state index in [1.165, 1.54) is 31.5 Å². The maximum Gasteiger partial charge on any atom is 0.426 e. The molecule has 10 heteroatoms. The molecule has 0 spiro atoms. The number of pyridine rings is 1. The van der Waals surface area contributed by atoms with E-state index in [1.807, 2.05) is 13.1 Å². The molecule has 1 aliphatic carbocycles. The van der Waals surface area contributed by atoms with E-state index in [2.05, 4.69) is 25.7 Å². The quantitative estimate of drug-likeness (QED) is 0.491. The number of anilines is 1. The molecule has 4 rings (SSSR count). The molecule has 1 aliphatic rings. The zero-order valence-electron chi connectivity index (χ0n) is 20.5. The summed E-state index contributed by atoms with van der Waals surface area (Å²) in [5, 5.41) is 0. The maximum atomic E-state index is 12.4. The SMILES string of the molecule is CN(c1nc2ccc(Oc3ccnc(C(=O)NNC(=O)OC(C)(C)C)c3)cc2o1)C1CCCCC1. The number of benzene rings is 1. The van der Waals surface area contributed by atoms with Gasteiger partial charge in [0.05, 0.1) is 0 Å². The third-order valence-electron chi connectivity index (χ3n) is 5.65. The molecule has 0 aliphatic heterocycles. The smallest absolute Gasteiger partial charge is 0.426 e. The van der Waals surface area contributed by atoms with E-state index in [4.69, 9.17) is 13.9 Å². The van der Waals surface area contributed by atoms with Gasteiger partial charge in [-0.1, -0.05) is 19.3 Å². The van der Waals surface area contributed by atoms with Crippen molar-refractivity contribution in [2.75, 3.05) is 11.9 Å². The lowest BCUT2D eigenvalue weighted by atomic mass is 9.95. The number of nitrogens with zero attached hydrogens (tertiary/aromatic N) is 3. The molecule has 10 nitrogen and oxygen atoms in total. The van der Waals surface area contributed by atoms with Crippen LogP contribution in [0.5, 0.6) is 11.5 Å². The van der Waals surface area contributed by atoms with Crippen LogP contribution in [0.25, 0.3) is 11.1 Å². The van der Waals surface area contributed by atoms with Gasteiger partial charge < -0.3 is 18.8 Å². The largest absolute Gasteiger partial charge is 0.457 e. The van der Waals surface area contributed by atoms with E-state index < -0.39 is 17.6 Å². The highest BCUT2D eigenvalue weighted by Gasteiger charge is 2.22. The first kappa shape index (κ1) is 24.3. The number of nitrogens with one attached hydrogen (secondary N) is 2. The minimum atomic E-state index is -0.771. The molecule has 2 N–H and O–H groups in total. The van der Waals surface area contributed by atoms with Crippen LogP contribution in [-0.2, 0) is 4.74 Å². The molecular formula is C25H31N5O5. The van der Waals surface area contributed by atoms with E-state index in [1.54, 1.807) is 39.0 Å². The van der Waals surface area contributed by atoms with Gasteiger partial charge in [-0.05, 0) is 51.8 Å². The fourth-order valence-corrected chi connectivity index (χ4v) is 3.94. The third-order valence-corrected chi connectivity index (χ3v) is 5.65. The number of carbonyl (C=O) groups is 2. The summed E-state index contributed by atoms with van der Waals surface area (Å²) < 4.78 is 17.0. The molecule has 186 valence electrons. The highest BCUT2D eigenvalue weighted by atomic mass is 16.6. The molecule has 2 amide bonds. The Bertz CT molecular complexity index is 1200. The van der Waals surface area contributed by atoms with Gasteiger partial charge in [-0.25, -0.2) is 10.2 Å². The van der Waals surface area contributed by atoms with Crippen molar-refractivity contribution in [2.24, 2.45) is 0 Å². The van der Waals surface area contributed by atoms with Crippen molar-refractivity contribution in [1.29, 1.82) is 0 Å². The summed E-state index contributed by atoms with van der Waals surface area (Å²) in [6.07, 6.45) is 6.72. The fourth-order valence-electron chi connectivity index (χ4n) is 3.94. The molecule has 0 atom stereocenters. The van der Waals surface area contributed by atoms with Crippen molar-refractivity contribution in [3.8, 4) is 11.5 Å². The van der Waals surface area contributed by atoms with Gasteiger partial charge in [-0.3, -0.25) is 15.2 Å². The summed E-state index contributed by atoms with van der Waals surface area (Å²) in [6.45, 7) is 5.17. The van der Waals surface area contributed by atoms with Gasteiger partial charge in [0.15, 0.2) is 5.58 Å². The van der Waals surface area contributed by atoms with Gasteiger partial charge >= 0.3 is 6.09 Å². The van der Waals surface area contributed by atoms with Crippen LogP contribution in [0.1, 0.15) is 63.4 Å². The number of hydrazine groups is 1. The summed E-state index contributed by atoms with van der Waals surface area (Å²) in [4.78, 5) is 34.9. The first-order chi connectivity index (χ1) is 16.7. The van der Waals surface area contributed by atoms with Crippen molar-refractivity contribution < 1.29 is 23.5 Å². The van der Waals surface area contributed by atoms with Crippen LogP contribution in [0, 0.1) is 0 Å². The average molecular weight is 482 g/mol. The normalized spacial score (nSPS) is 14.4. The lowest BCUT2D eigenvalue weighted by Gasteiger charge is -2.29. The van der Waals surface area contributed by atoms with Gasteiger partial charge in [0, 0.05) is 31.4 Å². The number of fused-ring (bicyclic) bond motifs is 1. The molecule has 3 aromatic rings. The van der Waals surface area contributed by atoms with Crippen molar-refractivity contribution >= 4 is 29.1 Å². The predicted molar refractivity (Wildman–Crippen MR) is 130 cm³/mol. The summed E-state index contributed by atoms with van der Waals surface area (Å²) in [7, 11) is 2.03. The number of ether oxygens (including phenoxy) is 2. The zero-order chi connectivity index (χ0) is 25.0. The van der Waals surface area contributed by atoms with Crippen LogP contribution in [0.4, 0.5) is 10.8 Å². The van der Waals surface area contributed by atoms with Crippen LogP contribution >= 0.6 is 0 Å². The van der Waals surface area contributed by atoms with E-state index in [0.29, 0.717) is 29.1 Å². The molecule has 0 saturated heterocycles. The molecule has 0 bridgehead atoms. The molecule has 2 heterocycles. The average Bonchev–Trinajstić information content (AvgIpc) is 3.25. The Morgan fingerprint density at radius 3 is 2.54 bits per heavy atom. The van der Waals surface area contributed by atoms with Gasteiger partial charge in [-0.15, -0.1) is 0 Å². The van der Waals surface area contributed by atoms with Crippen LogP contribution in [0.2, 0.25) is 0 Å². The highest BCUT2D eigenvalue weighted by Crippen LogP contribution is 2.31. The van der Waals surface area contributed by atoms with E-state index in [9.17, 15) is 9.59 Å². The zero-order valence-corrected chi connectivity index (χ0v) is 20.5. The lowest BCUT2D eigenvalue weighted by molar-refractivity contribution is 0.0483. The molecule has 2 aromatic heterocycles. The number of carbonyl (C=O) groups excluding carboxylic acids is 2. The van der Waals surface area contributed by atoms with Gasteiger partial charge in [-0.2, -0.15) is 4.98 Å². The van der Waals surface area contributed by atoms with Crippen LogP contribution in [0.15, 0.2) is 40.9 Å². The summed E-state index contributed by atoms with van der Waals surface area (Å²) in [6, 6.07) is 9.54. The number of hydrogen-bond donors (Lipinski definition) is 2. The fraction of sp³-hybridized carbons (Fsp3) is 0.440. The van der Waals surface area contributed by atoms with Crippen molar-refractivity contribution in [1.82, 2.24) is 20.8 Å². The van der Waals surface area contributed by atoms with Gasteiger partial charge in [0.2, 0.25) is 0 Å². The van der Waals surface area contributed by atoms with E-state index >= 15 is 0 Å². The first-order valence-corrected chi connectivity index (χ1v) is 11.7. The minimum Gasteiger partial charge on any atom is -0.457 e. The Morgan fingerprint density at radius 2 is 1.80 bits per heavy atom. The Morgan fingerprint density at radius 1 is 1.06 bits per heavy atom. The molecule has 1 fully saturated rings. The van der Waals surface area contributed by atoms with E-state index in [0.717, 1.165) is 18.4 Å². The molecule has 35 heavy (non-hydrogen) atoms. The lowest BCUT2D eigenvalue weighted by Crippen LogP contribution is -2.44. The summed E-state index contributed by atoms with van der Waals surface area (Å²) in [5.74, 6) is 0.327. The second-order valence-electron chi connectivity index (χ2n) is 9.59. The second-order valence-corrected chi connectivity index (χ2v) is 9.59. The number of hydrogen-bond acceptors (Lipinski definition) is 8. The van der Waals surface area contributed by atoms with Crippen molar-refractivity contribution in [3.63, 3.8) is 0 Å². The highest BCUT2D eigenvalue weighted by molar-refractivity contribution is 5.93. The van der Waals surface area contributed by atoms with Crippen molar-refractivity contribution in [2.45, 2.75) is 64.5 Å². The standard InChI is InChI=1S/C25H31N5O5/c1-25(2,3)35-24(32)29-28-22(31)20-14-18(12-13-26-20)33-17-10-11-19-21(15-17)34-23(27-19)30(4)16-8-6-5-7-9-16/h10-16H,5-9H2,1-4H3,(H,28,31)(H,29,32). The van der Waals surface area contributed by atoms with Crippen LogP contribution in [0.3, 0.4) is 0 Å². The number of amides is 2. The maximum absolute atomic E-state index is 12.4. The molecular weight excluding hydrogens is 450 g/mol. The Hall–Kier alpha value is -3.82. The van der Waals surface area contributed by atoms with Crippen molar-refractivity contribution in [3.05, 3.63) is 42.2 Å². The van der Waals surface area contributed by atoms with Crippen LogP contribution < -0.4 is 20.5 Å². The van der Waals surface area contributed by atoms with E-state index in [-0.39, 0.29) is 5.69 Å². The topological polar surface area (TPSA) is 119 Å². The second kappa shape index (κ2) is 10.2. The summed E-state index contributed by atoms with van der Waals surface area (Å²) >= 11 is 0. The number of rotatable bonds is 5. The minimum absolute atomic E-state index is 0.0655. The molecule has 0 unspecified atom stereocenters. The van der Waals surface area contributed by atoms with Crippen LogP contribution in [-0.4, -0.2) is 40.7 Å². The molecule has 0 radical (unpaired) electrons. The van der Waals surface area contributed by atoms with Gasteiger partial charge in [0.1, 0.15) is 28.3 Å². The van der Waals surface area contributed by atoms with Gasteiger partial charge in [0.25, 0.3) is 11.9 Å². The number of aromatic nitrogens is 2. The third kappa shape index (κ3) is 6.40. The molecule has 1 aromatic carbocycles. The predicted octanol–water partition coefficient (Wildman–Crippen LogP) is 4.95. The monoisotopic (exact) mass is 481 g/mol.